The number of ether oxygens (including phenoxy) is 1. The van der Waals surface area contributed by atoms with E-state index in [9.17, 15) is 14.4 Å². The molecule has 4 amide bonds. The lowest BCUT2D eigenvalue weighted by molar-refractivity contribution is -0.127. The summed E-state index contributed by atoms with van der Waals surface area (Å²) in [5.74, 6) is -0.434. The molecular formula is C17H21N3O4S. The number of nitrogens with one attached hydrogen (secondary N) is 1. The molecule has 1 N–H and O–H groups in total. The number of methoxy groups -OCH3 is 1. The Hall–Kier alpha value is -2.06. The van der Waals surface area contributed by atoms with E-state index in [1.807, 2.05) is 24.5 Å². The Bertz CT molecular complexity index is 696. The smallest absolute Gasteiger partial charge is 0.332 e. The first-order valence-electron chi connectivity index (χ1n) is 8.12. The fraction of sp³-hybridized carbons (Fsp3) is 0.471. The minimum absolute atomic E-state index is 0.00857. The highest BCUT2D eigenvalue weighted by molar-refractivity contribution is 7.98. The van der Waals surface area contributed by atoms with Gasteiger partial charge >= 0.3 is 6.03 Å². The van der Waals surface area contributed by atoms with Crippen molar-refractivity contribution in [3.8, 4) is 0 Å². The maximum Gasteiger partial charge on any atom is 0.332 e. The SMILES string of the molecule is COCC(=O)N[C@@H]1CCN2C(=O)N(c3cccc(SC)c3)C(=O)[C@@H]2C1. The Morgan fingerprint density at radius 1 is 1.40 bits per heavy atom. The summed E-state index contributed by atoms with van der Waals surface area (Å²) in [4.78, 5) is 41.1. The summed E-state index contributed by atoms with van der Waals surface area (Å²) in [5.41, 5.74) is 0.594. The van der Waals surface area contributed by atoms with E-state index in [0.29, 0.717) is 25.1 Å². The Labute approximate surface area is 150 Å². The molecule has 134 valence electrons. The number of nitrogens with zero attached hydrogens (tertiary/aromatic N) is 2. The molecule has 2 heterocycles. The third kappa shape index (κ3) is 3.50. The van der Waals surface area contributed by atoms with Crippen molar-refractivity contribution in [3.05, 3.63) is 24.3 Å². The van der Waals surface area contributed by atoms with E-state index in [4.69, 9.17) is 4.74 Å². The summed E-state index contributed by atoms with van der Waals surface area (Å²) >= 11 is 1.56. The molecule has 0 radical (unpaired) electrons. The van der Waals surface area contributed by atoms with Gasteiger partial charge in [-0.15, -0.1) is 11.8 Å². The van der Waals surface area contributed by atoms with Crippen LogP contribution in [0.3, 0.4) is 0 Å². The summed E-state index contributed by atoms with van der Waals surface area (Å²) in [5, 5.41) is 2.86. The molecule has 8 heteroatoms. The van der Waals surface area contributed by atoms with E-state index >= 15 is 0 Å². The Morgan fingerprint density at radius 2 is 2.20 bits per heavy atom. The average Bonchev–Trinajstić information content (AvgIpc) is 2.86. The monoisotopic (exact) mass is 363 g/mol. The lowest BCUT2D eigenvalue weighted by atomic mass is 9.98. The fourth-order valence-electron chi connectivity index (χ4n) is 3.32. The molecule has 1 aromatic carbocycles. The number of anilines is 1. The van der Waals surface area contributed by atoms with Gasteiger partial charge in [0.2, 0.25) is 5.91 Å². The molecule has 0 spiro atoms. The fourth-order valence-corrected chi connectivity index (χ4v) is 3.77. The van der Waals surface area contributed by atoms with Crippen LogP contribution in [0.5, 0.6) is 0 Å². The second-order valence-corrected chi connectivity index (χ2v) is 6.97. The van der Waals surface area contributed by atoms with Crippen LogP contribution in [0.25, 0.3) is 0 Å². The number of rotatable bonds is 5. The topological polar surface area (TPSA) is 79.0 Å². The van der Waals surface area contributed by atoms with Crippen molar-refractivity contribution in [3.63, 3.8) is 0 Å². The van der Waals surface area contributed by atoms with E-state index in [0.717, 1.165) is 4.90 Å². The van der Waals surface area contributed by atoms with Crippen LogP contribution in [0, 0.1) is 0 Å². The minimum Gasteiger partial charge on any atom is -0.375 e. The number of hydrogen-bond acceptors (Lipinski definition) is 5. The van der Waals surface area contributed by atoms with Crippen molar-refractivity contribution in [2.24, 2.45) is 0 Å². The van der Waals surface area contributed by atoms with Crippen LogP contribution < -0.4 is 10.2 Å². The maximum absolute atomic E-state index is 12.8. The van der Waals surface area contributed by atoms with E-state index in [2.05, 4.69) is 5.32 Å². The van der Waals surface area contributed by atoms with Crippen molar-refractivity contribution in [1.29, 1.82) is 0 Å². The highest BCUT2D eigenvalue weighted by Gasteiger charge is 2.48. The van der Waals surface area contributed by atoms with Crippen molar-refractivity contribution in [2.45, 2.75) is 29.8 Å². The van der Waals surface area contributed by atoms with Crippen LogP contribution in [0.1, 0.15) is 12.8 Å². The number of amides is 4. The van der Waals surface area contributed by atoms with Crippen LogP contribution in [0.2, 0.25) is 0 Å². The number of piperidine rings is 1. The standard InChI is InChI=1S/C17H21N3O4S/c1-24-10-15(21)18-11-6-7-19-14(8-11)16(22)20(17(19)23)12-4-3-5-13(9-12)25-2/h3-5,9,11,14H,6-8,10H2,1-2H3,(H,18,21)/t11-,14+/m1/s1. The number of carbonyl (C=O) groups excluding carboxylic acids is 3. The summed E-state index contributed by atoms with van der Waals surface area (Å²) in [6, 6.07) is 6.46. The zero-order valence-corrected chi connectivity index (χ0v) is 15.0. The predicted molar refractivity (Wildman–Crippen MR) is 94.6 cm³/mol. The maximum atomic E-state index is 12.8. The zero-order chi connectivity index (χ0) is 18.0. The number of benzene rings is 1. The summed E-state index contributed by atoms with van der Waals surface area (Å²) < 4.78 is 4.81. The molecule has 0 saturated carbocycles. The largest absolute Gasteiger partial charge is 0.375 e. The van der Waals surface area contributed by atoms with Gasteiger partial charge in [0.05, 0.1) is 5.69 Å². The molecule has 2 aliphatic heterocycles. The summed E-state index contributed by atoms with van der Waals surface area (Å²) in [6.07, 6.45) is 3.01. The summed E-state index contributed by atoms with van der Waals surface area (Å²) in [6.45, 7) is 0.442. The Balaban J connectivity index is 1.75. The second kappa shape index (κ2) is 7.45. The molecule has 0 aromatic heterocycles. The lowest BCUT2D eigenvalue weighted by Gasteiger charge is -2.32. The van der Waals surface area contributed by atoms with E-state index in [-0.39, 0.29) is 30.5 Å². The van der Waals surface area contributed by atoms with Crippen LogP contribution in [-0.2, 0) is 14.3 Å². The van der Waals surface area contributed by atoms with E-state index in [1.54, 1.807) is 22.7 Å². The lowest BCUT2D eigenvalue weighted by Crippen LogP contribution is -2.50. The molecule has 0 unspecified atom stereocenters. The molecule has 2 fully saturated rings. The normalized spacial score (nSPS) is 23.0. The highest BCUT2D eigenvalue weighted by Crippen LogP contribution is 2.32. The molecule has 2 aliphatic rings. The first kappa shape index (κ1) is 17.8. The van der Waals surface area contributed by atoms with Gasteiger partial charge < -0.3 is 15.0 Å². The molecule has 25 heavy (non-hydrogen) atoms. The van der Waals surface area contributed by atoms with Crippen molar-refractivity contribution in [1.82, 2.24) is 10.2 Å². The Morgan fingerprint density at radius 3 is 2.92 bits per heavy atom. The first-order chi connectivity index (χ1) is 12.0. The van der Waals surface area contributed by atoms with Gasteiger partial charge in [-0.2, -0.15) is 0 Å². The van der Waals surface area contributed by atoms with Crippen LogP contribution in [0.15, 0.2) is 29.2 Å². The third-order valence-corrected chi connectivity index (χ3v) is 5.22. The van der Waals surface area contributed by atoms with Gasteiger partial charge in [-0.3, -0.25) is 9.59 Å². The zero-order valence-electron chi connectivity index (χ0n) is 14.2. The quantitative estimate of drug-likeness (QED) is 0.633. The van der Waals surface area contributed by atoms with E-state index in [1.165, 1.54) is 12.0 Å². The highest BCUT2D eigenvalue weighted by atomic mass is 32.2. The van der Waals surface area contributed by atoms with Gasteiger partial charge in [0.1, 0.15) is 12.6 Å². The minimum atomic E-state index is -0.521. The number of imide groups is 1. The van der Waals surface area contributed by atoms with Gasteiger partial charge in [0.15, 0.2) is 0 Å². The van der Waals surface area contributed by atoms with Gasteiger partial charge in [0, 0.05) is 24.6 Å². The molecular weight excluding hydrogens is 342 g/mol. The summed E-state index contributed by atoms with van der Waals surface area (Å²) in [7, 11) is 1.46. The van der Waals surface area contributed by atoms with Crippen LogP contribution in [0.4, 0.5) is 10.5 Å². The van der Waals surface area contributed by atoms with Crippen molar-refractivity contribution >= 4 is 35.3 Å². The number of urea groups is 1. The molecule has 1 aromatic rings. The van der Waals surface area contributed by atoms with Crippen molar-refractivity contribution < 1.29 is 19.1 Å². The number of carbonyl (C=O) groups is 3. The van der Waals surface area contributed by atoms with Crippen LogP contribution in [-0.4, -0.2) is 61.3 Å². The van der Waals surface area contributed by atoms with Gasteiger partial charge in [-0.1, -0.05) is 6.07 Å². The first-order valence-corrected chi connectivity index (χ1v) is 9.34. The molecule has 2 atom stereocenters. The second-order valence-electron chi connectivity index (χ2n) is 6.09. The number of fused-ring (bicyclic) bond motifs is 1. The van der Waals surface area contributed by atoms with Gasteiger partial charge in [-0.05, 0) is 37.3 Å². The number of hydrogen-bond donors (Lipinski definition) is 1. The van der Waals surface area contributed by atoms with Gasteiger partial charge in [-0.25, -0.2) is 9.69 Å². The molecule has 0 bridgehead atoms. The Kier molecular flexibility index (Phi) is 5.29. The number of thioether (sulfide) groups is 1. The third-order valence-electron chi connectivity index (χ3n) is 4.50. The molecule has 2 saturated heterocycles. The van der Waals surface area contributed by atoms with Crippen LogP contribution >= 0.6 is 11.8 Å². The molecule has 0 aliphatic carbocycles. The predicted octanol–water partition coefficient (Wildman–Crippen LogP) is 1.47. The molecule has 3 rings (SSSR count). The molecule has 7 nitrogen and oxygen atoms in total. The average molecular weight is 363 g/mol. The van der Waals surface area contributed by atoms with Gasteiger partial charge in [0.25, 0.3) is 5.91 Å². The van der Waals surface area contributed by atoms with Crippen molar-refractivity contribution in [2.75, 3.05) is 31.4 Å². The van der Waals surface area contributed by atoms with E-state index < -0.39 is 6.04 Å².